The molecule has 1 atom stereocenters. The van der Waals surface area contributed by atoms with E-state index in [0.29, 0.717) is 0 Å². The van der Waals surface area contributed by atoms with Gasteiger partial charge in [-0.3, -0.25) is 3.87 Å². The zero-order chi connectivity index (χ0) is 18.4. The van der Waals surface area contributed by atoms with Crippen molar-refractivity contribution < 1.29 is 54.3 Å². The Morgan fingerprint density at radius 1 is 0.739 bits per heavy atom. The molecule has 0 fully saturated rings. The Morgan fingerprint density at radius 3 is 1.39 bits per heavy atom. The van der Waals surface area contributed by atoms with E-state index in [9.17, 15) is 33.7 Å². The van der Waals surface area contributed by atoms with Crippen LogP contribution in [0.15, 0.2) is 0 Å². The Balaban J connectivity index is 5.53. The summed E-state index contributed by atoms with van der Waals surface area (Å²) >= 11 is 0. The van der Waals surface area contributed by atoms with Crippen LogP contribution in [0, 0.1) is 0 Å². The molecule has 0 saturated carbocycles. The molecule has 23 heavy (non-hydrogen) atoms. The molecule has 0 amide bonds. The highest BCUT2D eigenvalue weighted by Crippen LogP contribution is 2.17. The Kier molecular flexibility index (Phi) is 9.26. The summed E-state index contributed by atoms with van der Waals surface area (Å²) in [5, 5.41) is 0. The lowest BCUT2D eigenvalue weighted by Crippen LogP contribution is -2.40. The van der Waals surface area contributed by atoms with E-state index in [1.807, 2.05) is 0 Å². The zero-order valence-electron chi connectivity index (χ0n) is 11.7. The van der Waals surface area contributed by atoms with E-state index in [2.05, 4.69) is 20.6 Å². The minimum Gasteiger partial charge on any atom is -0.294 e. The van der Waals surface area contributed by atoms with Crippen molar-refractivity contribution in [1.82, 2.24) is 0 Å². The molecule has 0 radical (unpaired) electrons. The van der Waals surface area contributed by atoms with Crippen molar-refractivity contribution in [2.75, 3.05) is 0 Å². The van der Waals surface area contributed by atoms with Crippen LogP contribution in [0.3, 0.4) is 0 Å². The molecule has 140 valence electrons. The third-order valence-corrected chi connectivity index (χ3v) is 5.74. The second kappa shape index (κ2) is 9.34. The number of rotatable bonds is 11. The minimum atomic E-state index is -4.89. The lowest BCUT2D eigenvalue weighted by atomic mass is 10.6. The summed E-state index contributed by atoms with van der Waals surface area (Å²) in [5.74, 6) is 0. The minimum absolute atomic E-state index is 1.44. The predicted molar refractivity (Wildman–Crippen MR) is 76.2 cm³/mol. The molecule has 0 bridgehead atoms. The van der Waals surface area contributed by atoms with Crippen LogP contribution >= 0.6 is 0 Å². The molecule has 1 unspecified atom stereocenters. The van der Waals surface area contributed by atoms with Gasteiger partial charge in [0.1, 0.15) is 0 Å². The molecule has 0 aliphatic carbocycles. The van der Waals surface area contributed by atoms with Crippen molar-refractivity contribution in [3.05, 3.63) is 0 Å². The van der Waals surface area contributed by atoms with Crippen molar-refractivity contribution >= 4 is 51.7 Å². The van der Waals surface area contributed by atoms with Crippen molar-refractivity contribution in [1.29, 1.82) is 0 Å². The van der Waals surface area contributed by atoms with Gasteiger partial charge in [-0.05, 0) is 19.6 Å². The fourth-order valence-electron chi connectivity index (χ4n) is 0.928. The van der Waals surface area contributed by atoms with Gasteiger partial charge in [-0.1, -0.05) is 0 Å². The van der Waals surface area contributed by atoms with E-state index < -0.39 is 64.3 Å². The third-order valence-electron chi connectivity index (χ3n) is 1.36. The molecule has 18 heteroatoms. The lowest BCUT2D eigenvalue weighted by molar-refractivity contribution is -0.143. The largest absolute Gasteiger partial charge is 0.392 e. The predicted octanol–water partition coefficient (Wildman–Crippen LogP) is -2.62. The Labute approximate surface area is 138 Å². The second-order valence-electron chi connectivity index (χ2n) is 4.42. The SMILES string of the molecule is C[Si](C)(C)OS(=O)(=O)OC(O[SH](=O)=O)C(O[SH](=O)=O)O[SH](=O)=O. The van der Waals surface area contributed by atoms with Crippen LogP contribution in [0.1, 0.15) is 0 Å². The van der Waals surface area contributed by atoms with Gasteiger partial charge in [0, 0.05) is 0 Å². The molecule has 0 aromatic carbocycles. The van der Waals surface area contributed by atoms with Gasteiger partial charge >= 0.3 is 10.4 Å². The first-order valence-corrected chi connectivity index (χ1v) is 13.3. The van der Waals surface area contributed by atoms with Gasteiger partial charge in [-0.2, -0.15) is 8.42 Å². The van der Waals surface area contributed by atoms with E-state index in [4.69, 9.17) is 0 Å². The van der Waals surface area contributed by atoms with Gasteiger partial charge in [0.05, 0.1) is 0 Å². The first-order valence-electron chi connectivity index (χ1n) is 5.29. The molecule has 0 rings (SSSR count). The maximum atomic E-state index is 11.6. The van der Waals surface area contributed by atoms with E-state index in [0.717, 1.165) is 0 Å². The topological polar surface area (TPSA) is 183 Å². The average Bonchev–Trinajstić information content (AvgIpc) is 2.20. The van der Waals surface area contributed by atoms with Crippen LogP contribution in [-0.2, 0) is 64.0 Å². The summed E-state index contributed by atoms with van der Waals surface area (Å²) in [6.45, 7) is 4.31. The normalized spacial score (nSPS) is 14.9. The van der Waals surface area contributed by atoms with Gasteiger partial charge < -0.3 is 0 Å². The number of hydrogen-bond acceptors (Lipinski definition) is 13. The third kappa shape index (κ3) is 11.9. The molecule has 0 aromatic heterocycles. The van der Waals surface area contributed by atoms with Gasteiger partial charge in [0.25, 0.3) is 33.0 Å². The fraction of sp³-hybridized carbons (Fsp3) is 1.00. The second-order valence-corrected chi connectivity index (χ2v) is 12.3. The Morgan fingerprint density at radius 2 is 1.09 bits per heavy atom. The molecule has 0 aliphatic heterocycles. The molecule has 0 N–H and O–H groups in total. The highest BCUT2D eigenvalue weighted by molar-refractivity contribution is 7.83. The van der Waals surface area contributed by atoms with Gasteiger partial charge in [0.15, 0.2) is 0 Å². The van der Waals surface area contributed by atoms with Crippen molar-refractivity contribution in [3.63, 3.8) is 0 Å². The summed E-state index contributed by atoms with van der Waals surface area (Å²) in [5.41, 5.74) is 0. The summed E-state index contributed by atoms with van der Waals surface area (Å²) in [4.78, 5) is 0. The molecule has 0 aromatic rings. The van der Waals surface area contributed by atoms with Crippen LogP contribution in [0.5, 0.6) is 0 Å². The smallest absolute Gasteiger partial charge is 0.294 e. The standard InChI is InChI=1S/C5H14O13S4Si/c1-23(2,3)18-22(12,13)17-5(16-21(10)11)4(14-19(6)7)15-20(8)9/h4-5,19-21H,1-3H3. The fourth-order valence-corrected chi connectivity index (χ4v) is 4.96. The first kappa shape index (κ1) is 22.8. The summed E-state index contributed by atoms with van der Waals surface area (Å²) in [6.07, 6.45) is -5.18. The summed E-state index contributed by atoms with van der Waals surface area (Å²) in [7, 11) is -19.0. The summed E-state index contributed by atoms with van der Waals surface area (Å²) < 4.78 is 107. The van der Waals surface area contributed by atoms with Crippen molar-refractivity contribution in [2.24, 2.45) is 0 Å². The molecule has 13 nitrogen and oxygen atoms in total. The zero-order valence-corrected chi connectivity index (χ0v) is 16.2. The Hall–Kier alpha value is -0.183. The van der Waals surface area contributed by atoms with Gasteiger partial charge in [-0.25, -0.2) is 42.0 Å². The van der Waals surface area contributed by atoms with Crippen LogP contribution < -0.4 is 0 Å². The van der Waals surface area contributed by atoms with Crippen molar-refractivity contribution in [2.45, 2.75) is 32.2 Å². The monoisotopic (exact) mass is 438 g/mol. The summed E-state index contributed by atoms with van der Waals surface area (Å²) in [6, 6.07) is 0. The van der Waals surface area contributed by atoms with Crippen LogP contribution in [0.2, 0.25) is 19.6 Å². The van der Waals surface area contributed by atoms with E-state index >= 15 is 0 Å². The van der Waals surface area contributed by atoms with E-state index in [1.54, 1.807) is 0 Å². The van der Waals surface area contributed by atoms with E-state index in [-0.39, 0.29) is 0 Å². The molecule has 0 aliphatic rings. The molecular formula is C5H14O13S4Si. The number of thiol groups is 3. The molecular weight excluding hydrogens is 424 g/mol. The van der Waals surface area contributed by atoms with Crippen LogP contribution in [-0.4, -0.2) is 54.6 Å². The molecule has 0 saturated heterocycles. The maximum Gasteiger partial charge on any atom is 0.392 e. The van der Waals surface area contributed by atoms with Crippen molar-refractivity contribution in [3.8, 4) is 0 Å². The van der Waals surface area contributed by atoms with Gasteiger partial charge in [0.2, 0.25) is 20.9 Å². The van der Waals surface area contributed by atoms with Crippen LogP contribution in [0.4, 0.5) is 0 Å². The number of hydrogen-bond donors (Lipinski definition) is 3. The highest BCUT2D eigenvalue weighted by atomic mass is 32.3. The molecule has 0 heterocycles. The Bertz CT molecular complexity index is 661. The van der Waals surface area contributed by atoms with Crippen LogP contribution in [0.25, 0.3) is 0 Å². The lowest BCUT2D eigenvalue weighted by Gasteiger charge is -2.22. The first-order chi connectivity index (χ1) is 10.2. The average molecular weight is 439 g/mol. The molecule has 0 spiro atoms. The van der Waals surface area contributed by atoms with Gasteiger partial charge in [-0.15, -0.1) is 0 Å². The maximum absolute atomic E-state index is 11.6. The highest BCUT2D eigenvalue weighted by Gasteiger charge is 2.36. The quantitative estimate of drug-likeness (QED) is 0.173. The van der Waals surface area contributed by atoms with E-state index in [1.165, 1.54) is 19.6 Å².